The number of carbonyl (C=O) groups excluding carboxylic acids is 1. The normalized spacial score (nSPS) is 10.7. The van der Waals surface area contributed by atoms with Gasteiger partial charge in [0.15, 0.2) is 11.5 Å². The highest BCUT2D eigenvalue weighted by Crippen LogP contribution is 2.28. The highest BCUT2D eigenvalue weighted by Gasteiger charge is 2.07. The van der Waals surface area contributed by atoms with Crippen molar-refractivity contribution in [2.75, 3.05) is 13.2 Å². The average Bonchev–Trinajstić information content (AvgIpc) is 2.61. The zero-order chi connectivity index (χ0) is 18.1. The molecule has 2 aromatic rings. The summed E-state index contributed by atoms with van der Waals surface area (Å²) >= 11 is 0. The predicted octanol–water partition coefficient (Wildman–Crippen LogP) is 3.95. The molecule has 2 aromatic carbocycles. The van der Waals surface area contributed by atoms with Gasteiger partial charge in [-0.3, -0.25) is 4.79 Å². The summed E-state index contributed by atoms with van der Waals surface area (Å²) in [7, 11) is 0. The van der Waals surface area contributed by atoms with E-state index < -0.39 is 0 Å². The van der Waals surface area contributed by atoms with Gasteiger partial charge in [0.2, 0.25) is 0 Å². The molecule has 0 unspecified atom stereocenters. The van der Waals surface area contributed by atoms with E-state index in [2.05, 4.69) is 17.5 Å². The summed E-state index contributed by atoms with van der Waals surface area (Å²) in [6, 6.07) is 13.0. The minimum Gasteiger partial charge on any atom is -0.490 e. The average molecular weight is 340 g/mol. The standard InChI is InChI=1S/C20H24N2O3/c1-4-12-25-18-11-10-16(13-19(18)24-5-2)14-21-22-20(23)17-9-7-6-8-15(17)3/h6-11,13-14H,4-5,12H2,1-3H3,(H,22,23)/b21-14+. The number of rotatable bonds is 8. The van der Waals surface area contributed by atoms with Gasteiger partial charge >= 0.3 is 0 Å². The van der Waals surface area contributed by atoms with Gasteiger partial charge < -0.3 is 9.47 Å². The lowest BCUT2D eigenvalue weighted by atomic mass is 10.1. The summed E-state index contributed by atoms with van der Waals surface area (Å²) < 4.78 is 11.3. The molecular weight excluding hydrogens is 316 g/mol. The zero-order valence-electron chi connectivity index (χ0n) is 14.9. The van der Waals surface area contributed by atoms with Crippen molar-refractivity contribution in [1.29, 1.82) is 0 Å². The molecule has 0 radical (unpaired) electrons. The van der Waals surface area contributed by atoms with Crippen LogP contribution in [0.1, 0.15) is 41.8 Å². The van der Waals surface area contributed by atoms with Crippen molar-refractivity contribution in [3.05, 3.63) is 59.2 Å². The number of benzene rings is 2. The SMILES string of the molecule is CCCOc1ccc(/C=N/NC(=O)c2ccccc2C)cc1OCC. The van der Waals surface area contributed by atoms with Crippen LogP contribution in [0.5, 0.6) is 11.5 Å². The number of aryl methyl sites for hydroxylation is 1. The predicted molar refractivity (Wildman–Crippen MR) is 99.6 cm³/mol. The molecule has 0 aliphatic rings. The van der Waals surface area contributed by atoms with Crippen LogP contribution in [0, 0.1) is 6.92 Å². The molecule has 0 aromatic heterocycles. The molecule has 0 fully saturated rings. The summed E-state index contributed by atoms with van der Waals surface area (Å²) in [6.07, 6.45) is 2.52. The Morgan fingerprint density at radius 1 is 1.12 bits per heavy atom. The van der Waals surface area contributed by atoms with E-state index in [1.54, 1.807) is 12.3 Å². The molecule has 0 spiro atoms. The second-order valence-electron chi connectivity index (χ2n) is 5.50. The quantitative estimate of drug-likeness (QED) is 0.585. The van der Waals surface area contributed by atoms with E-state index in [1.807, 2.05) is 50.2 Å². The second kappa shape index (κ2) is 9.47. The summed E-state index contributed by atoms with van der Waals surface area (Å²) in [5.41, 5.74) is 4.88. The number of ether oxygens (including phenoxy) is 2. The van der Waals surface area contributed by atoms with Crippen LogP contribution in [0.25, 0.3) is 0 Å². The zero-order valence-corrected chi connectivity index (χ0v) is 14.9. The molecule has 0 saturated carbocycles. The van der Waals surface area contributed by atoms with Crippen LogP contribution in [-0.4, -0.2) is 25.3 Å². The number of nitrogens with zero attached hydrogens (tertiary/aromatic N) is 1. The fourth-order valence-electron chi connectivity index (χ4n) is 2.26. The summed E-state index contributed by atoms with van der Waals surface area (Å²) in [5.74, 6) is 1.15. The van der Waals surface area contributed by atoms with Crippen LogP contribution < -0.4 is 14.9 Å². The van der Waals surface area contributed by atoms with Crippen LogP contribution in [0.3, 0.4) is 0 Å². The van der Waals surface area contributed by atoms with Gasteiger partial charge in [-0.25, -0.2) is 5.43 Å². The van der Waals surface area contributed by atoms with E-state index in [-0.39, 0.29) is 5.91 Å². The first kappa shape index (κ1) is 18.5. The first-order chi connectivity index (χ1) is 12.2. The van der Waals surface area contributed by atoms with Gasteiger partial charge in [0.1, 0.15) is 0 Å². The fourth-order valence-corrected chi connectivity index (χ4v) is 2.26. The Morgan fingerprint density at radius 2 is 1.92 bits per heavy atom. The van der Waals surface area contributed by atoms with E-state index in [0.29, 0.717) is 30.3 Å². The van der Waals surface area contributed by atoms with Crippen molar-refractivity contribution in [2.24, 2.45) is 5.10 Å². The van der Waals surface area contributed by atoms with Crippen LogP contribution in [-0.2, 0) is 0 Å². The Morgan fingerprint density at radius 3 is 2.64 bits per heavy atom. The Hall–Kier alpha value is -2.82. The van der Waals surface area contributed by atoms with Crippen LogP contribution in [0.15, 0.2) is 47.6 Å². The molecule has 132 valence electrons. The topological polar surface area (TPSA) is 59.9 Å². The Kier molecular flexibility index (Phi) is 7.01. The van der Waals surface area contributed by atoms with E-state index >= 15 is 0 Å². The van der Waals surface area contributed by atoms with Gasteiger partial charge in [-0.05, 0) is 55.7 Å². The van der Waals surface area contributed by atoms with Crippen molar-refractivity contribution < 1.29 is 14.3 Å². The molecule has 5 heteroatoms. The Balaban J connectivity index is 2.06. The lowest BCUT2D eigenvalue weighted by molar-refractivity contribution is 0.0954. The number of amides is 1. The van der Waals surface area contributed by atoms with Gasteiger partial charge in [0, 0.05) is 5.56 Å². The smallest absolute Gasteiger partial charge is 0.271 e. The van der Waals surface area contributed by atoms with Crippen LogP contribution in [0.2, 0.25) is 0 Å². The third-order valence-corrected chi connectivity index (χ3v) is 3.50. The molecule has 0 bridgehead atoms. The summed E-state index contributed by atoms with van der Waals surface area (Å²) in [5, 5.41) is 4.03. The first-order valence-electron chi connectivity index (χ1n) is 8.44. The van der Waals surface area contributed by atoms with Crippen LogP contribution >= 0.6 is 0 Å². The van der Waals surface area contributed by atoms with Crippen molar-refractivity contribution in [2.45, 2.75) is 27.2 Å². The minimum absolute atomic E-state index is 0.234. The van der Waals surface area contributed by atoms with E-state index in [4.69, 9.17) is 9.47 Å². The number of hydrogen-bond donors (Lipinski definition) is 1. The molecule has 0 aliphatic carbocycles. The van der Waals surface area contributed by atoms with E-state index in [0.717, 1.165) is 17.5 Å². The van der Waals surface area contributed by atoms with Gasteiger partial charge in [0.05, 0.1) is 19.4 Å². The molecule has 0 atom stereocenters. The second-order valence-corrected chi connectivity index (χ2v) is 5.50. The molecule has 0 saturated heterocycles. The minimum atomic E-state index is -0.234. The molecule has 2 rings (SSSR count). The third-order valence-electron chi connectivity index (χ3n) is 3.50. The maximum absolute atomic E-state index is 12.1. The van der Waals surface area contributed by atoms with Gasteiger partial charge in [0.25, 0.3) is 5.91 Å². The molecular formula is C20H24N2O3. The highest BCUT2D eigenvalue weighted by atomic mass is 16.5. The number of hydrogen-bond acceptors (Lipinski definition) is 4. The number of hydrazone groups is 1. The Bertz CT molecular complexity index is 741. The molecule has 0 heterocycles. The molecule has 1 N–H and O–H groups in total. The molecule has 0 aliphatic heterocycles. The third kappa shape index (κ3) is 5.35. The van der Waals surface area contributed by atoms with E-state index in [1.165, 1.54) is 0 Å². The molecule has 5 nitrogen and oxygen atoms in total. The van der Waals surface area contributed by atoms with Gasteiger partial charge in [-0.2, -0.15) is 5.10 Å². The molecule has 1 amide bonds. The summed E-state index contributed by atoms with van der Waals surface area (Å²) in [4.78, 5) is 12.1. The number of nitrogens with one attached hydrogen (secondary N) is 1. The summed E-state index contributed by atoms with van der Waals surface area (Å²) in [6.45, 7) is 7.06. The monoisotopic (exact) mass is 340 g/mol. The van der Waals surface area contributed by atoms with Gasteiger partial charge in [-0.15, -0.1) is 0 Å². The van der Waals surface area contributed by atoms with Crippen molar-refractivity contribution in [3.63, 3.8) is 0 Å². The van der Waals surface area contributed by atoms with E-state index in [9.17, 15) is 4.79 Å². The Labute approximate surface area is 148 Å². The lowest BCUT2D eigenvalue weighted by Gasteiger charge is -2.11. The van der Waals surface area contributed by atoms with Crippen molar-refractivity contribution in [3.8, 4) is 11.5 Å². The van der Waals surface area contributed by atoms with Gasteiger partial charge in [-0.1, -0.05) is 25.1 Å². The first-order valence-corrected chi connectivity index (χ1v) is 8.44. The number of carbonyl (C=O) groups is 1. The van der Waals surface area contributed by atoms with Crippen molar-refractivity contribution >= 4 is 12.1 Å². The largest absolute Gasteiger partial charge is 0.490 e. The lowest BCUT2D eigenvalue weighted by Crippen LogP contribution is -2.18. The fraction of sp³-hybridized carbons (Fsp3) is 0.300. The maximum atomic E-state index is 12.1. The molecule has 25 heavy (non-hydrogen) atoms. The van der Waals surface area contributed by atoms with Crippen molar-refractivity contribution in [1.82, 2.24) is 5.43 Å². The van der Waals surface area contributed by atoms with Crippen LogP contribution in [0.4, 0.5) is 0 Å². The maximum Gasteiger partial charge on any atom is 0.271 e. The highest BCUT2D eigenvalue weighted by molar-refractivity contribution is 5.96.